The fraction of sp³-hybridized carbons (Fsp3) is 0.923. The van der Waals surface area contributed by atoms with Gasteiger partial charge >= 0.3 is 0 Å². The summed E-state index contributed by atoms with van der Waals surface area (Å²) in [7, 11) is 0. The molecule has 0 fully saturated rings. The van der Waals surface area contributed by atoms with E-state index in [1.54, 1.807) is 6.92 Å². The van der Waals surface area contributed by atoms with Crippen LogP contribution in [0.1, 0.15) is 71.6 Å². The van der Waals surface area contributed by atoms with Crippen LogP contribution < -0.4 is 0 Å². The van der Waals surface area contributed by atoms with Crippen LogP contribution in [0.25, 0.3) is 0 Å². The van der Waals surface area contributed by atoms with Gasteiger partial charge < -0.3 is 9.90 Å². The molecule has 0 aliphatic carbocycles. The number of aldehydes is 1. The third-order valence-corrected chi connectivity index (χ3v) is 2.79. The van der Waals surface area contributed by atoms with Crippen molar-refractivity contribution in [2.24, 2.45) is 0 Å². The van der Waals surface area contributed by atoms with Crippen molar-refractivity contribution in [1.82, 2.24) is 0 Å². The first-order valence-corrected chi connectivity index (χ1v) is 6.31. The van der Waals surface area contributed by atoms with Gasteiger partial charge in [-0.25, -0.2) is 0 Å². The van der Waals surface area contributed by atoms with Crippen molar-refractivity contribution in [3.05, 3.63) is 0 Å². The Morgan fingerprint density at radius 1 is 1.00 bits per heavy atom. The van der Waals surface area contributed by atoms with E-state index >= 15 is 0 Å². The maximum Gasteiger partial charge on any atom is 0.151 e. The van der Waals surface area contributed by atoms with Gasteiger partial charge in [-0.3, -0.25) is 0 Å². The van der Waals surface area contributed by atoms with Crippen molar-refractivity contribution in [3.8, 4) is 0 Å². The molecular formula is C13H26O2. The molecule has 0 aromatic carbocycles. The summed E-state index contributed by atoms with van der Waals surface area (Å²) in [6.45, 7) is 3.81. The van der Waals surface area contributed by atoms with Gasteiger partial charge in [0, 0.05) is 0 Å². The highest BCUT2D eigenvalue weighted by Crippen LogP contribution is 2.14. The van der Waals surface area contributed by atoms with Gasteiger partial charge in [0.2, 0.25) is 0 Å². The van der Waals surface area contributed by atoms with Crippen LogP contribution in [0.5, 0.6) is 0 Å². The second-order valence-electron chi connectivity index (χ2n) is 4.70. The summed E-state index contributed by atoms with van der Waals surface area (Å²) in [4.78, 5) is 10.4. The molecule has 0 aromatic rings. The molecule has 0 aliphatic heterocycles. The molecule has 0 aromatic heterocycles. The predicted molar refractivity (Wildman–Crippen MR) is 63.9 cm³/mol. The van der Waals surface area contributed by atoms with E-state index < -0.39 is 5.60 Å². The van der Waals surface area contributed by atoms with Crippen molar-refractivity contribution in [2.75, 3.05) is 0 Å². The van der Waals surface area contributed by atoms with Crippen LogP contribution in [-0.2, 0) is 4.79 Å². The zero-order valence-corrected chi connectivity index (χ0v) is 10.3. The Morgan fingerprint density at radius 3 is 1.93 bits per heavy atom. The summed E-state index contributed by atoms with van der Waals surface area (Å²) >= 11 is 0. The monoisotopic (exact) mass is 214 g/mol. The molecule has 0 saturated carbocycles. The summed E-state index contributed by atoms with van der Waals surface area (Å²) < 4.78 is 0. The molecule has 0 aliphatic rings. The number of aliphatic hydroxyl groups is 1. The zero-order chi connectivity index (χ0) is 11.6. The molecule has 1 unspecified atom stereocenters. The van der Waals surface area contributed by atoms with Crippen LogP contribution in [0.4, 0.5) is 0 Å². The average Bonchev–Trinajstić information content (AvgIpc) is 2.22. The first-order chi connectivity index (χ1) is 7.12. The van der Waals surface area contributed by atoms with E-state index in [9.17, 15) is 9.90 Å². The molecular weight excluding hydrogens is 188 g/mol. The van der Waals surface area contributed by atoms with Gasteiger partial charge in [0.25, 0.3) is 0 Å². The standard InChI is InChI=1S/C13H26O2/c1-3-4-5-6-7-8-9-10-11-13(2,15)12-14/h12,15H,3-11H2,1-2H3. The number of carbonyl (C=O) groups is 1. The number of rotatable bonds is 10. The van der Waals surface area contributed by atoms with Gasteiger partial charge in [0.15, 0.2) is 6.29 Å². The third-order valence-electron chi connectivity index (χ3n) is 2.79. The Bertz CT molecular complexity index is 153. The van der Waals surface area contributed by atoms with Crippen LogP contribution in [0.2, 0.25) is 0 Å². The highest BCUT2D eigenvalue weighted by atomic mass is 16.3. The second kappa shape index (κ2) is 8.90. The normalized spacial score (nSPS) is 14.9. The highest BCUT2D eigenvalue weighted by molar-refractivity contribution is 5.60. The fourth-order valence-electron chi connectivity index (χ4n) is 1.68. The van der Waals surface area contributed by atoms with E-state index in [2.05, 4.69) is 6.92 Å². The van der Waals surface area contributed by atoms with Gasteiger partial charge in [0.05, 0.1) is 0 Å². The molecule has 90 valence electrons. The smallest absolute Gasteiger partial charge is 0.151 e. The SMILES string of the molecule is CCCCCCCCCCC(C)(O)C=O. The molecule has 0 bridgehead atoms. The molecule has 15 heavy (non-hydrogen) atoms. The predicted octanol–water partition coefficient (Wildman–Crippen LogP) is 3.47. The summed E-state index contributed by atoms with van der Waals surface area (Å²) in [5.74, 6) is 0. The van der Waals surface area contributed by atoms with E-state index in [1.165, 1.54) is 38.5 Å². The lowest BCUT2D eigenvalue weighted by Crippen LogP contribution is -2.25. The second-order valence-corrected chi connectivity index (χ2v) is 4.70. The van der Waals surface area contributed by atoms with E-state index in [-0.39, 0.29) is 0 Å². The van der Waals surface area contributed by atoms with Crippen molar-refractivity contribution >= 4 is 6.29 Å². The van der Waals surface area contributed by atoms with Crippen molar-refractivity contribution in [1.29, 1.82) is 0 Å². The summed E-state index contributed by atoms with van der Waals surface area (Å²) in [5, 5.41) is 9.43. The molecule has 0 spiro atoms. The first kappa shape index (κ1) is 14.6. The number of hydrogen-bond acceptors (Lipinski definition) is 2. The van der Waals surface area contributed by atoms with Crippen molar-refractivity contribution in [3.63, 3.8) is 0 Å². The fourth-order valence-corrected chi connectivity index (χ4v) is 1.68. The molecule has 2 heteroatoms. The van der Waals surface area contributed by atoms with Crippen LogP contribution in [0, 0.1) is 0 Å². The van der Waals surface area contributed by atoms with Gasteiger partial charge in [-0.1, -0.05) is 58.3 Å². The molecule has 0 saturated heterocycles. The maximum absolute atomic E-state index is 10.4. The molecule has 0 amide bonds. The lowest BCUT2D eigenvalue weighted by Gasteiger charge is -2.14. The topological polar surface area (TPSA) is 37.3 Å². The van der Waals surface area contributed by atoms with Crippen LogP contribution >= 0.6 is 0 Å². The first-order valence-electron chi connectivity index (χ1n) is 6.31. The van der Waals surface area contributed by atoms with Gasteiger partial charge in [-0.2, -0.15) is 0 Å². The maximum atomic E-state index is 10.4. The number of unbranched alkanes of at least 4 members (excludes halogenated alkanes) is 7. The van der Waals surface area contributed by atoms with E-state index in [1.807, 2.05) is 0 Å². The summed E-state index contributed by atoms with van der Waals surface area (Å²) in [6.07, 6.45) is 11.2. The van der Waals surface area contributed by atoms with Crippen LogP contribution in [0.15, 0.2) is 0 Å². The Morgan fingerprint density at radius 2 is 1.47 bits per heavy atom. The van der Waals surface area contributed by atoms with Gasteiger partial charge in [-0.05, 0) is 13.3 Å². The molecule has 1 atom stereocenters. The van der Waals surface area contributed by atoms with E-state index in [0.29, 0.717) is 12.7 Å². The lowest BCUT2D eigenvalue weighted by molar-refractivity contribution is -0.123. The zero-order valence-electron chi connectivity index (χ0n) is 10.3. The summed E-state index contributed by atoms with van der Waals surface area (Å²) in [5.41, 5.74) is -1.10. The molecule has 0 radical (unpaired) electrons. The number of carbonyl (C=O) groups excluding carboxylic acids is 1. The molecule has 0 heterocycles. The largest absolute Gasteiger partial charge is 0.383 e. The Labute approximate surface area is 94.1 Å². The minimum absolute atomic E-state index is 0.603. The highest BCUT2D eigenvalue weighted by Gasteiger charge is 2.17. The summed E-state index contributed by atoms with van der Waals surface area (Å²) in [6, 6.07) is 0. The van der Waals surface area contributed by atoms with Crippen molar-refractivity contribution < 1.29 is 9.90 Å². The lowest BCUT2D eigenvalue weighted by atomic mass is 9.99. The number of hydrogen-bond donors (Lipinski definition) is 1. The Hall–Kier alpha value is -0.370. The van der Waals surface area contributed by atoms with Crippen LogP contribution in [0.3, 0.4) is 0 Å². The Kier molecular flexibility index (Phi) is 8.68. The molecule has 0 rings (SSSR count). The van der Waals surface area contributed by atoms with E-state index in [4.69, 9.17) is 0 Å². The Balaban J connectivity index is 3.15. The average molecular weight is 214 g/mol. The minimum Gasteiger partial charge on any atom is -0.383 e. The molecule has 2 nitrogen and oxygen atoms in total. The van der Waals surface area contributed by atoms with Crippen molar-refractivity contribution in [2.45, 2.75) is 77.2 Å². The van der Waals surface area contributed by atoms with E-state index in [0.717, 1.165) is 12.8 Å². The third kappa shape index (κ3) is 9.92. The van der Waals surface area contributed by atoms with Gasteiger partial charge in [0.1, 0.15) is 5.60 Å². The van der Waals surface area contributed by atoms with Gasteiger partial charge in [-0.15, -0.1) is 0 Å². The van der Waals surface area contributed by atoms with Crippen LogP contribution in [-0.4, -0.2) is 17.0 Å². The molecule has 1 N–H and O–H groups in total. The minimum atomic E-state index is -1.10. The quantitative estimate of drug-likeness (QED) is 0.446.